The van der Waals surface area contributed by atoms with Crippen LogP contribution in [-0.2, 0) is 14.3 Å². The Kier molecular flexibility index (Phi) is 2.09. The summed E-state index contributed by atoms with van der Waals surface area (Å²) < 4.78 is 10.9. The molecule has 5 unspecified atom stereocenters. The number of esters is 1. The first-order valence-corrected chi connectivity index (χ1v) is 5.76. The number of hydrogen-bond acceptors (Lipinski definition) is 3. The van der Waals surface area contributed by atoms with Crippen molar-refractivity contribution in [3.8, 4) is 0 Å². The highest BCUT2D eigenvalue weighted by molar-refractivity contribution is 5.81. The van der Waals surface area contributed by atoms with Crippen LogP contribution >= 0.6 is 0 Å². The van der Waals surface area contributed by atoms with Gasteiger partial charge in [0.25, 0.3) is 0 Å². The van der Waals surface area contributed by atoms with Crippen LogP contribution in [0.5, 0.6) is 0 Å². The standard InChI is InChI=1S/C12H16O3/c1-2-12(13)15-9-4-3-7-5-10-11(14-10)6-8(7)9/h2,7-11H,1,3-6H2. The fourth-order valence-electron chi connectivity index (χ4n) is 3.25. The van der Waals surface area contributed by atoms with Crippen molar-refractivity contribution in [2.75, 3.05) is 0 Å². The summed E-state index contributed by atoms with van der Waals surface area (Å²) in [6.45, 7) is 3.43. The Morgan fingerprint density at radius 2 is 2.13 bits per heavy atom. The maximum Gasteiger partial charge on any atom is 0.330 e. The van der Waals surface area contributed by atoms with E-state index in [-0.39, 0.29) is 12.1 Å². The Morgan fingerprint density at radius 1 is 1.33 bits per heavy atom. The molecule has 3 heteroatoms. The van der Waals surface area contributed by atoms with Gasteiger partial charge in [-0.2, -0.15) is 0 Å². The minimum absolute atomic E-state index is 0.116. The predicted molar refractivity (Wildman–Crippen MR) is 54.2 cm³/mol. The molecule has 1 heterocycles. The van der Waals surface area contributed by atoms with Crippen LogP contribution in [0.15, 0.2) is 12.7 Å². The molecule has 82 valence electrons. The maximum absolute atomic E-state index is 11.2. The monoisotopic (exact) mass is 208 g/mol. The highest BCUT2D eigenvalue weighted by Gasteiger charge is 2.53. The molecular weight excluding hydrogens is 192 g/mol. The van der Waals surface area contributed by atoms with Crippen LogP contribution in [0.2, 0.25) is 0 Å². The first-order chi connectivity index (χ1) is 7.28. The number of rotatable bonds is 2. The van der Waals surface area contributed by atoms with Gasteiger partial charge in [-0.05, 0) is 31.6 Å². The number of hydrogen-bond donors (Lipinski definition) is 0. The molecule has 3 nitrogen and oxygen atoms in total. The second-order valence-electron chi connectivity index (χ2n) is 4.87. The Hall–Kier alpha value is -0.830. The zero-order chi connectivity index (χ0) is 10.4. The minimum atomic E-state index is -0.278. The predicted octanol–water partition coefficient (Wildman–Crippen LogP) is 1.67. The molecule has 0 bridgehead atoms. The SMILES string of the molecule is C=CC(=O)OC1CCC2CC3OC3CC21. The van der Waals surface area contributed by atoms with E-state index in [9.17, 15) is 4.79 Å². The summed E-state index contributed by atoms with van der Waals surface area (Å²) in [5.74, 6) is 0.980. The summed E-state index contributed by atoms with van der Waals surface area (Å²) in [5.41, 5.74) is 0. The number of fused-ring (bicyclic) bond motifs is 2. The zero-order valence-corrected chi connectivity index (χ0v) is 8.72. The molecule has 0 aromatic rings. The molecule has 0 radical (unpaired) electrons. The van der Waals surface area contributed by atoms with Crippen molar-refractivity contribution in [3.63, 3.8) is 0 Å². The molecule has 0 aromatic heterocycles. The lowest BCUT2D eigenvalue weighted by atomic mass is 9.81. The van der Waals surface area contributed by atoms with E-state index in [1.807, 2.05) is 0 Å². The third kappa shape index (κ3) is 1.59. The molecule has 3 aliphatic rings. The van der Waals surface area contributed by atoms with Crippen molar-refractivity contribution < 1.29 is 14.3 Å². The summed E-state index contributed by atoms with van der Waals surface area (Å²) in [5, 5.41) is 0. The van der Waals surface area contributed by atoms with Gasteiger partial charge in [-0.1, -0.05) is 6.58 Å². The molecule has 0 amide bonds. The number of epoxide rings is 1. The maximum atomic E-state index is 11.2. The van der Waals surface area contributed by atoms with Crippen LogP contribution in [0, 0.1) is 11.8 Å². The molecular formula is C12H16O3. The fourth-order valence-corrected chi connectivity index (χ4v) is 3.25. The lowest BCUT2D eigenvalue weighted by Crippen LogP contribution is -2.29. The average molecular weight is 208 g/mol. The lowest BCUT2D eigenvalue weighted by molar-refractivity contribution is -0.145. The third-order valence-corrected chi connectivity index (χ3v) is 4.07. The molecule has 3 fully saturated rings. The average Bonchev–Trinajstić information content (AvgIpc) is 2.91. The summed E-state index contributed by atoms with van der Waals surface area (Å²) in [4.78, 5) is 11.2. The van der Waals surface area contributed by atoms with E-state index in [0.29, 0.717) is 18.1 Å². The summed E-state index contributed by atoms with van der Waals surface area (Å²) >= 11 is 0. The van der Waals surface area contributed by atoms with Gasteiger partial charge in [-0.3, -0.25) is 0 Å². The van der Waals surface area contributed by atoms with E-state index in [1.165, 1.54) is 18.9 Å². The van der Waals surface area contributed by atoms with E-state index in [1.54, 1.807) is 0 Å². The van der Waals surface area contributed by atoms with E-state index < -0.39 is 0 Å². The van der Waals surface area contributed by atoms with Gasteiger partial charge in [0.1, 0.15) is 6.10 Å². The topological polar surface area (TPSA) is 38.8 Å². The second-order valence-corrected chi connectivity index (χ2v) is 4.87. The molecule has 1 aliphatic heterocycles. The smallest absolute Gasteiger partial charge is 0.330 e. The molecule has 5 atom stereocenters. The van der Waals surface area contributed by atoms with Gasteiger partial charge in [0.15, 0.2) is 0 Å². The Labute approximate surface area is 89.4 Å². The Morgan fingerprint density at radius 3 is 2.93 bits per heavy atom. The molecule has 0 N–H and O–H groups in total. The van der Waals surface area contributed by atoms with Crippen LogP contribution in [0.1, 0.15) is 25.7 Å². The van der Waals surface area contributed by atoms with Gasteiger partial charge >= 0.3 is 5.97 Å². The second kappa shape index (κ2) is 3.34. The van der Waals surface area contributed by atoms with Gasteiger partial charge in [0.05, 0.1) is 12.2 Å². The van der Waals surface area contributed by atoms with Crippen molar-refractivity contribution in [2.45, 2.75) is 44.0 Å². The largest absolute Gasteiger partial charge is 0.459 e. The van der Waals surface area contributed by atoms with E-state index in [2.05, 4.69) is 6.58 Å². The molecule has 2 aliphatic carbocycles. The van der Waals surface area contributed by atoms with Crippen molar-refractivity contribution in [2.24, 2.45) is 11.8 Å². The molecule has 0 aromatic carbocycles. The summed E-state index contributed by atoms with van der Waals surface area (Å²) in [6.07, 6.45) is 6.84. The van der Waals surface area contributed by atoms with E-state index >= 15 is 0 Å². The van der Waals surface area contributed by atoms with E-state index in [4.69, 9.17) is 9.47 Å². The van der Waals surface area contributed by atoms with Crippen molar-refractivity contribution in [1.29, 1.82) is 0 Å². The van der Waals surface area contributed by atoms with Crippen molar-refractivity contribution >= 4 is 5.97 Å². The van der Waals surface area contributed by atoms with Gasteiger partial charge in [0.2, 0.25) is 0 Å². The van der Waals surface area contributed by atoms with Gasteiger partial charge in [0, 0.05) is 12.0 Å². The first kappa shape index (κ1) is 9.40. The zero-order valence-electron chi connectivity index (χ0n) is 8.72. The lowest BCUT2D eigenvalue weighted by Gasteiger charge is -2.26. The van der Waals surface area contributed by atoms with E-state index in [0.717, 1.165) is 18.8 Å². The third-order valence-electron chi connectivity index (χ3n) is 4.07. The molecule has 3 rings (SSSR count). The van der Waals surface area contributed by atoms with Gasteiger partial charge in [-0.25, -0.2) is 4.79 Å². The van der Waals surface area contributed by atoms with Gasteiger partial charge < -0.3 is 9.47 Å². The van der Waals surface area contributed by atoms with Gasteiger partial charge in [-0.15, -0.1) is 0 Å². The fraction of sp³-hybridized carbons (Fsp3) is 0.750. The molecule has 0 spiro atoms. The first-order valence-electron chi connectivity index (χ1n) is 5.76. The Bertz CT molecular complexity index is 299. The Balaban J connectivity index is 1.65. The number of carbonyl (C=O) groups is 1. The highest BCUT2D eigenvalue weighted by Crippen LogP contribution is 2.50. The normalized spacial score (nSPS) is 46.5. The molecule has 2 saturated carbocycles. The molecule has 1 saturated heterocycles. The minimum Gasteiger partial charge on any atom is -0.459 e. The van der Waals surface area contributed by atoms with Crippen LogP contribution in [0.3, 0.4) is 0 Å². The number of ether oxygens (including phenoxy) is 2. The quantitative estimate of drug-likeness (QED) is 0.393. The highest BCUT2D eigenvalue weighted by atomic mass is 16.6. The summed E-state index contributed by atoms with van der Waals surface area (Å²) in [7, 11) is 0. The van der Waals surface area contributed by atoms with Crippen LogP contribution < -0.4 is 0 Å². The number of carbonyl (C=O) groups excluding carboxylic acids is 1. The van der Waals surface area contributed by atoms with Crippen molar-refractivity contribution in [1.82, 2.24) is 0 Å². The van der Waals surface area contributed by atoms with Crippen molar-refractivity contribution in [3.05, 3.63) is 12.7 Å². The summed E-state index contributed by atoms with van der Waals surface area (Å²) in [6, 6.07) is 0. The van der Waals surface area contributed by atoms with Crippen LogP contribution in [0.4, 0.5) is 0 Å². The van der Waals surface area contributed by atoms with Crippen LogP contribution in [-0.4, -0.2) is 24.3 Å². The van der Waals surface area contributed by atoms with Crippen LogP contribution in [0.25, 0.3) is 0 Å². The molecule has 15 heavy (non-hydrogen) atoms.